The van der Waals surface area contributed by atoms with Crippen molar-refractivity contribution in [3.8, 4) is 0 Å². The third-order valence-corrected chi connectivity index (χ3v) is 4.56. The minimum atomic E-state index is -0.0909. The van der Waals surface area contributed by atoms with E-state index < -0.39 is 0 Å². The van der Waals surface area contributed by atoms with E-state index in [9.17, 15) is 4.79 Å². The standard InChI is InChI=1S/C18H26N4OS/c1-12-7-4-5-10-17(12)20-18(24)22-21-13(2)15-8-6-9-16(11-15)19-14(3)23/h6,8-9,11-12,17H,4-5,7,10H2,1-3H3,(H,19,23)(H2,20,22,24)/b21-13-/t12-,17+/m0/s1. The maximum absolute atomic E-state index is 11.1. The molecular formula is C18H26N4OS. The van der Waals surface area contributed by atoms with Crippen molar-refractivity contribution in [3.63, 3.8) is 0 Å². The molecule has 1 aliphatic rings. The van der Waals surface area contributed by atoms with Crippen molar-refractivity contribution in [2.45, 2.75) is 52.5 Å². The van der Waals surface area contributed by atoms with Gasteiger partial charge < -0.3 is 10.6 Å². The Morgan fingerprint density at radius 3 is 2.71 bits per heavy atom. The zero-order valence-electron chi connectivity index (χ0n) is 14.6. The van der Waals surface area contributed by atoms with Crippen LogP contribution in [0.1, 0.15) is 52.0 Å². The molecule has 0 aliphatic heterocycles. The normalized spacial score (nSPS) is 21.0. The van der Waals surface area contributed by atoms with Gasteiger partial charge in [-0.25, -0.2) is 0 Å². The molecule has 0 spiro atoms. The Kier molecular flexibility index (Phi) is 6.73. The quantitative estimate of drug-likeness (QED) is 0.444. The molecule has 1 aromatic carbocycles. The summed E-state index contributed by atoms with van der Waals surface area (Å²) in [7, 11) is 0. The number of carbonyl (C=O) groups excluding carboxylic acids is 1. The van der Waals surface area contributed by atoms with Gasteiger partial charge in [0, 0.05) is 18.7 Å². The summed E-state index contributed by atoms with van der Waals surface area (Å²) in [6.45, 7) is 5.67. The molecule has 24 heavy (non-hydrogen) atoms. The summed E-state index contributed by atoms with van der Waals surface area (Å²) in [5.74, 6) is 0.546. The number of benzene rings is 1. The number of hydrazone groups is 1. The van der Waals surface area contributed by atoms with Crippen LogP contribution >= 0.6 is 12.2 Å². The van der Waals surface area contributed by atoms with Crippen molar-refractivity contribution in [1.29, 1.82) is 0 Å². The summed E-state index contributed by atoms with van der Waals surface area (Å²) in [6, 6.07) is 8.01. The van der Waals surface area contributed by atoms with Crippen LogP contribution in [0.15, 0.2) is 29.4 Å². The predicted octanol–water partition coefficient (Wildman–Crippen LogP) is 3.41. The molecule has 0 bridgehead atoms. The summed E-state index contributed by atoms with van der Waals surface area (Å²) in [5.41, 5.74) is 5.43. The van der Waals surface area contributed by atoms with Gasteiger partial charge in [0.1, 0.15) is 0 Å². The molecule has 2 rings (SSSR count). The van der Waals surface area contributed by atoms with Gasteiger partial charge in [0.15, 0.2) is 5.11 Å². The second kappa shape index (κ2) is 8.78. The fourth-order valence-corrected chi connectivity index (χ4v) is 3.15. The highest BCUT2D eigenvalue weighted by molar-refractivity contribution is 7.80. The van der Waals surface area contributed by atoms with E-state index in [4.69, 9.17) is 12.2 Å². The predicted molar refractivity (Wildman–Crippen MR) is 103 cm³/mol. The maximum atomic E-state index is 11.1. The summed E-state index contributed by atoms with van der Waals surface area (Å²) < 4.78 is 0. The second-order valence-corrected chi connectivity index (χ2v) is 6.82. The van der Waals surface area contributed by atoms with Gasteiger partial charge in [-0.3, -0.25) is 10.2 Å². The Balaban J connectivity index is 1.93. The molecule has 0 aromatic heterocycles. The topological polar surface area (TPSA) is 65.5 Å². The van der Waals surface area contributed by atoms with E-state index in [1.807, 2.05) is 31.2 Å². The van der Waals surface area contributed by atoms with Gasteiger partial charge in [0.2, 0.25) is 5.91 Å². The van der Waals surface area contributed by atoms with Gasteiger partial charge >= 0.3 is 0 Å². The van der Waals surface area contributed by atoms with Gasteiger partial charge in [-0.05, 0) is 55.6 Å². The molecule has 1 amide bonds. The molecular weight excluding hydrogens is 320 g/mol. The summed E-state index contributed by atoms with van der Waals surface area (Å²) in [5, 5.41) is 11.1. The van der Waals surface area contributed by atoms with Crippen molar-refractivity contribution < 1.29 is 4.79 Å². The largest absolute Gasteiger partial charge is 0.358 e. The minimum absolute atomic E-state index is 0.0909. The fraction of sp³-hybridized carbons (Fsp3) is 0.500. The Hall–Kier alpha value is -1.95. The maximum Gasteiger partial charge on any atom is 0.221 e. The van der Waals surface area contributed by atoms with Crippen LogP contribution in [0.2, 0.25) is 0 Å². The number of rotatable bonds is 4. The number of amides is 1. The van der Waals surface area contributed by atoms with E-state index in [0.29, 0.717) is 17.1 Å². The van der Waals surface area contributed by atoms with Crippen LogP contribution in [0.25, 0.3) is 0 Å². The Bertz CT molecular complexity index is 629. The van der Waals surface area contributed by atoms with E-state index in [1.54, 1.807) is 0 Å². The monoisotopic (exact) mass is 346 g/mol. The van der Waals surface area contributed by atoms with E-state index >= 15 is 0 Å². The fourth-order valence-electron chi connectivity index (χ4n) is 2.96. The Morgan fingerprint density at radius 2 is 2.00 bits per heavy atom. The van der Waals surface area contributed by atoms with Crippen LogP contribution in [-0.4, -0.2) is 22.8 Å². The zero-order chi connectivity index (χ0) is 17.5. The first-order valence-electron chi connectivity index (χ1n) is 8.44. The van der Waals surface area contributed by atoms with E-state index in [0.717, 1.165) is 23.4 Å². The number of hydrogen-bond donors (Lipinski definition) is 3. The smallest absolute Gasteiger partial charge is 0.221 e. The zero-order valence-corrected chi connectivity index (χ0v) is 15.4. The molecule has 0 saturated heterocycles. The molecule has 1 saturated carbocycles. The second-order valence-electron chi connectivity index (χ2n) is 6.41. The number of anilines is 1. The van der Waals surface area contributed by atoms with E-state index in [1.165, 1.54) is 26.2 Å². The van der Waals surface area contributed by atoms with Crippen LogP contribution < -0.4 is 16.1 Å². The number of thiocarbonyl (C=S) groups is 1. The molecule has 3 N–H and O–H groups in total. The van der Waals surface area contributed by atoms with Gasteiger partial charge in [-0.2, -0.15) is 5.10 Å². The molecule has 1 fully saturated rings. The lowest BCUT2D eigenvalue weighted by Crippen LogP contribution is -2.44. The molecule has 0 unspecified atom stereocenters. The summed E-state index contributed by atoms with van der Waals surface area (Å²) in [4.78, 5) is 11.1. The lowest BCUT2D eigenvalue weighted by Gasteiger charge is -2.30. The molecule has 5 nitrogen and oxygen atoms in total. The average Bonchev–Trinajstić information content (AvgIpc) is 2.54. The summed E-state index contributed by atoms with van der Waals surface area (Å²) in [6.07, 6.45) is 4.97. The third-order valence-electron chi connectivity index (χ3n) is 4.35. The number of carbonyl (C=O) groups is 1. The van der Waals surface area contributed by atoms with Crippen molar-refractivity contribution in [2.24, 2.45) is 11.0 Å². The van der Waals surface area contributed by atoms with Gasteiger partial charge in [-0.1, -0.05) is 31.9 Å². The van der Waals surface area contributed by atoms with Crippen LogP contribution in [0.4, 0.5) is 5.69 Å². The average molecular weight is 347 g/mol. The molecule has 2 atom stereocenters. The van der Waals surface area contributed by atoms with Crippen LogP contribution in [0, 0.1) is 5.92 Å². The Morgan fingerprint density at radius 1 is 1.25 bits per heavy atom. The first-order valence-corrected chi connectivity index (χ1v) is 8.85. The van der Waals surface area contributed by atoms with Crippen molar-refractivity contribution in [2.75, 3.05) is 5.32 Å². The number of hydrogen-bond acceptors (Lipinski definition) is 3. The molecule has 1 aromatic rings. The van der Waals surface area contributed by atoms with Gasteiger partial charge in [0.05, 0.1) is 5.71 Å². The molecule has 1 aliphatic carbocycles. The van der Waals surface area contributed by atoms with Crippen LogP contribution in [0.5, 0.6) is 0 Å². The highest BCUT2D eigenvalue weighted by Gasteiger charge is 2.21. The van der Waals surface area contributed by atoms with Gasteiger partial charge in [0.25, 0.3) is 0 Å². The van der Waals surface area contributed by atoms with E-state index in [2.05, 4.69) is 28.1 Å². The summed E-state index contributed by atoms with van der Waals surface area (Å²) >= 11 is 5.35. The highest BCUT2D eigenvalue weighted by atomic mass is 32.1. The van der Waals surface area contributed by atoms with E-state index in [-0.39, 0.29) is 5.91 Å². The van der Waals surface area contributed by atoms with Crippen molar-refractivity contribution in [3.05, 3.63) is 29.8 Å². The SMILES string of the molecule is CC(=O)Nc1cccc(/C(C)=N\NC(=S)N[C@@H]2CCCC[C@@H]2C)c1. The van der Waals surface area contributed by atoms with Crippen LogP contribution in [-0.2, 0) is 4.79 Å². The molecule has 0 heterocycles. The first kappa shape index (κ1) is 18.4. The first-order chi connectivity index (χ1) is 11.5. The van der Waals surface area contributed by atoms with Crippen LogP contribution in [0.3, 0.4) is 0 Å². The Labute approximate surface area is 149 Å². The van der Waals surface area contributed by atoms with Crippen molar-refractivity contribution >= 4 is 34.6 Å². The lowest BCUT2D eigenvalue weighted by molar-refractivity contribution is -0.114. The van der Waals surface area contributed by atoms with Gasteiger partial charge in [-0.15, -0.1) is 0 Å². The molecule has 0 radical (unpaired) electrons. The molecule has 130 valence electrons. The number of nitrogens with one attached hydrogen (secondary N) is 3. The minimum Gasteiger partial charge on any atom is -0.358 e. The lowest BCUT2D eigenvalue weighted by atomic mass is 9.86. The third kappa shape index (κ3) is 5.60. The highest BCUT2D eigenvalue weighted by Crippen LogP contribution is 2.23. The van der Waals surface area contributed by atoms with Crippen molar-refractivity contribution in [1.82, 2.24) is 10.7 Å². The number of nitrogens with zero attached hydrogens (tertiary/aromatic N) is 1. The molecule has 6 heteroatoms.